The Bertz CT molecular complexity index is 329. The molecule has 1 aromatic rings. The second kappa shape index (κ2) is 3.37. The van der Waals surface area contributed by atoms with E-state index in [2.05, 4.69) is 0 Å². The molecule has 2 N–H and O–H groups in total. The highest BCUT2D eigenvalue weighted by Gasteiger charge is 2.18. The first kappa shape index (κ1) is 10.6. The molecule has 0 aromatic heterocycles. The lowest BCUT2D eigenvalue weighted by atomic mass is 10.2. The van der Waals surface area contributed by atoms with E-state index in [9.17, 15) is 0 Å². The van der Waals surface area contributed by atoms with Gasteiger partial charge in [-0.2, -0.15) is 0 Å². The van der Waals surface area contributed by atoms with Crippen molar-refractivity contribution >= 4 is 34.6 Å². The largest absolute Gasteiger partial charge is 0.397 e. The van der Waals surface area contributed by atoms with E-state index in [1.54, 1.807) is 12.1 Å². The molecule has 0 heterocycles. The molecule has 0 radical (unpaired) electrons. The fourth-order valence-corrected chi connectivity index (χ4v) is 1.65. The van der Waals surface area contributed by atoms with E-state index in [0.29, 0.717) is 20.2 Å². The zero-order valence-corrected chi connectivity index (χ0v) is 9.45. The third kappa shape index (κ3) is 2.27. The van der Waals surface area contributed by atoms with Gasteiger partial charge in [0.1, 0.15) is 5.02 Å². The van der Waals surface area contributed by atoms with Gasteiger partial charge in [0.05, 0.1) is 31.9 Å². The van der Waals surface area contributed by atoms with E-state index in [1.807, 2.05) is 21.1 Å². The van der Waals surface area contributed by atoms with Gasteiger partial charge in [0.25, 0.3) is 0 Å². The fraction of sp³-hybridized carbons (Fsp3) is 0.333. The Hall–Kier alpha value is -0.440. The molecule has 0 aliphatic carbocycles. The maximum Gasteiger partial charge on any atom is 0.152 e. The van der Waals surface area contributed by atoms with E-state index in [4.69, 9.17) is 28.9 Å². The first-order chi connectivity index (χ1) is 5.82. The molecule has 0 unspecified atom stereocenters. The summed E-state index contributed by atoms with van der Waals surface area (Å²) in [4.78, 5) is 0. The monoisotopic (exact) mass is 219 g/mol. The first-order valence-corrected chi connectivity index (χ1v) is 4.64. The molecular formula is C9H13Cl2N2+. The topological polar surface area (TPSA) is 26.0 Å². The lowest BCUT2D eigenvalue weighted by Crippen LogP contribution is -2.35. The number of nitrogen functional groups attached to an aromatic ring is 1. The number of halogens is 2. The molecule has 4 heteroatoms. The van der Waals surface area contributed by atoms with Crippen molar-refractivity contribution < 1.29 is 0 Å². The van der Waals surface area contributed by atoms with Crippen LogP contribution in [0.15, 0.2) is 12.1 Å². The molecule has 0 spiro atoms. The summed E-state index contributed by atoms with van der Waals surface area (Å²) in [5.74, 6) is 0. The van der Waals surface area contributed by atoms with E-state index in [0.717, 1.165) is 5.69 Å². The second-order valence-corrected chi connectivity index (χ2v) is 4.65. The van der Waals surface area contributed by atoms with Crippen LogP contribution in [0.4, 0.5) is 11.4 Å². The Morgan fingerprint density at radius 2 is 1.62 bits per heavy atom. The van der Waals surface area contributed by atoms with Crippen LogP contribution in [0, 0.1) is 0 Å². The summed E-state index contributed by atoms with van der Waals surface area (Å²) in [6.45, 7) is 0. The van der Waals surface area contributed by atoms with Gasteiger partial charge in [-0.05, 0) is 6.07 Å². The minimum atomic E-state index is 0.517. The van der Waals surface area contributed by atoms with Crippen molar-refractivity contribution in [2.45, 2.75) is 0 Å². The van der Waals surface area contributed by atoms with Crippen molar-refractivity contribution in [2.75, 3.05) is 26.9 Å². The van der Waals surface area contributed by atoms with Gasteiger partial charge in [0.15, 0.2) is 5.69 Å². The van der Waals surface area contributed by atoms with Gasteiger partial charge in [-0.1, -0.05) is 23.2 Å². The SMILES string of the molecule is C[N+](C)(C)c1cc(Cl)c(N)cc1Cl. The zero-order chi connectivity index (χ0) is 10.2. The number of hydrogen-bond donors (Lipinski definition) is 1. The van der Waals surface area contributed by atoms with Crippen LogP contribution in [0.5, 0.6) is 0 Å². The average Bonchev–Trinajstić information content (AvgIpc) is 1.94. The van der Waals surface area contributed by atoms with Gasteiger partial charge in [0.2, 0.25) is 0 Å². The molecule has 0 atom stereocenters. The molecular weight excluding hydrogens is 207 g/mol. The number of anilines is 1. The summed E-state index contributed by atoms with van der Waals surface area (Å²) in [5.41, 5.74) is 7.09. The van der Waals surface area contributed by atoms with Crippen LogP contribution in [0.25, 0.3) is 0 Å². The van der Waals surface area contributed by atoms with Gasteiger partial charge in [-0.3, -0.25) is 4.48 Å². The molecule has 72 valence electrons. The van der Waals surface area contributed by atoms with Crippen molar-refractivity contribution in [2.24, 2.45) is 0 Å². The van der Waals surface area contributed by atoms with Crippen molar-refractivity contribution in [1.82, 2.24) is 4.48 Å². The van der Waals surface area contributed by atoms with Gasteiger partial charge in [-0.15, -0.1) is 0 Å². The van der Waals surface area contributed by atoms with Crippen molar-refractivity contribution in [1.29, 1.82) is 0 Å². The second-order valence-electron chi connectivity index (χ2n) is 3.84. The zero-order valence-electron chi connectivity index (χ0n) is 7.94. The number of hydrogen-bond acceptors (Lipinski definition) is 1. The highest BCUT2D eigenvalue weighted by molar-refractivity contribution is 6.36. The predicted octanol–water partition coefficient (Wildman–Crippen LogP) is 2.77. The van der Waals surface area contributed by atoms with Gasteiger partial charge < -0.3 is 5.73 Å². The summed E-state index contributed by atoms with van der Waals surface area (Å²) in [6.07, 6.45) is 0. The normalized spacial score (nSPS) is 11.8. The van der Waals surface area contributed by atoms with E-state index < -0.39 is 0 Å². The van der Waals surface area contributed by atoms with Crippen LogP contribution < -0.4 is 10.2 Å². The molecule has 0 fully saturated rings. The maximum absolute atomic E-state index is 6.03. The number of nitrogens with zero attached hydrogens (tertiary/aromatic N) is 1. The van der Waals surface area contributed by atoms with Crippen molar-refractivity contribution in [3.05, 3.63) is 22.2 Å². The molecule has 0 aliphatic heterocycles. The lowest BCUT2D eigenvalue weighted by Gasteiger charge is -2.24. The van der Waals surface area contributed by atoms with Crippen molar-refractivity contribution in [3.8, 4) is 0 Å². The molecule has 0 bridgehead atoms. The molecule has 13 heavy (non-hydrogen) atoms. The van der Waals surface area contributed by atoms with Crippen molar-refractivity contribution in [3.63, 3.8) is 0 Å². The Kier molecular flexibility index (Phi) is 2.76. The minimum Gasteiger partial charge on any atom is -0.397 e. The molecule has 1 rings (SSSR count). The molecule has 0 aliphatic rings. The number of nitrogens with two attached hydrogens (primary N) is 1. The van der Waals surface area contributed by atoms with Crippen LogP contribution in [0.1, 0.15) is 0 Å². The average molecular weight is 220 g/mol. The quantitative estimate of drug-likeness (QED) is 0.571. The third-order valence-corrected chi connectivity index (χ3v) is 2.42. The van der Waals surface area contributed by atoms with Crippen LogP contribution in [0.2, 0.25) is 10.0 Å². The highest BCUT2D eigenvalue weighted by Crippen LogP contribution is 2.34. The van der Waals surface area contributed by atoms with E-state index >= 15 is 0 Å². The predicted molar refractivity (Wildman–Crippen MR) is 60.4 cm³/mol. The van der Waals surface area contributed by atoms with Gasteiger partial charge in [-0.25, -0.2) is 0 Å². The maximum atomic E-state index is 6.03. The third-order valence-electron chi connectivity index (χ3n) is 1.79. The van der Waals surface area contributed by atoms with Crippen LogP contribution in [0.3, 0.4) is 0 Å². The number of quaternary nitrogens is 1. The summed E-state index contributed by atoms with van der Waals surface area (Å²) in [6, 6.07) is 3.49. The minimum absolute atomic E-state index is 0.517. The number of benzene rings is 1. The Morgan fingerprint density at radius 3 is 2.08 bits per heavy atom. The summed E-state index contributed by atoms with van der Waals surface area (Å²) in [7, 11) is 6.06. The Morgan fingerprint density at radius 1 is 1.08 bits per heavy atom. The molecule has 0 saturated carbocycles. The molecule has 0 saturated heterocycles. The molecule has 1 aromatic carbocycles. The summed E-state index contributed by atoms with van der Waals surface area (Å²) in [5, 5.41) is 1.20. The molecule has 2 nitrogen and oxygen atoms in total. The summed E-state index contributed by atoms with van der Waals surface area (Å²) >= 11 is 11.9. The summed E-state index contributed by atoms with van der Waals surface area (Å²) < 4.78 is 0.624. The first-order valence-electron chi connectivity index (χ1n) is 3.89. The Labute approximate surface area is 88.4 Å². The lowest BCUT2D eigenvalue weighted by molar-refractivity contribution is 0.487. The smallest absolute Gasteiger partial charge is 0.152 e. The Balaban J connectivity index is 3.32. The van der Waals surface area contributed by atoms with Crippen LogP contribution >= 0.6 is 23.2 Å². The van der Waals surface area contributed by atoms with E-state index in [-0.39, 0.29) is 0 Å². The van der Waals surface area contributed by atoms with Gasteiger partial charge >= 0.3 is 0 Å². The van der Waals surface area contributed by atoms with E-state index in [1.165, 1.54) is 0 Å². The van der Waals surface area contributed by atoms with Gasteiger partial charge in [0, 0.05) is 6.07 Å². The standard InChI is InChI=1S/C9H13Cl2N2/c1-13(2,3)9-5-6(10)8(12)4-7(9)11/h4-5H,12H2,1-3H3/q+1. The number of rotatable bonds is 1. The molecule has 0 amide bonds. The fourth-order valence-electron chi connectivity index (χ4n) is 1.07. The van der Waals surface area contributed by atoms with Crippen LogP contribution in [-0.2, 0) is 0 Å². The highest BCUT2D eigenvalue weighted by atomic mass is 35.5. The van der Waals surface area contributed by atoms with Crippen LogP contribution in [-0.4, -0.2) is 21.1 Å².